The van der Waals surface area contributed by atoms with Gasteiger partial charge in [0.25, 0.3) is 11.8 Å². The van der Waals surface area contributed by atoms with Gasteiger partial charge >= 0.3 is 5.97 Å². The molecule has 170 valence electrons. The maximum atomic E-state index is 12.5. The second-order valence-corrected chi connectivity index (χ2v) is 8.85. The molecule has 0 fully saturated rings. The van der Waals surface area contributed by atoms with Crippen molar-refractivity contribution in [1.29, 1.82) is 0 Å². The highest BCUT2D eigenvalue weighted by atomic mass is 32.1. The van der Waals surface area contributed by atoms with E-state index in [2.05, 4.69) is 17.4 Å². The Morgan fingerprint density at radius 1 is 0.970 bits per heavy atom. The molecule has 0 saturated heterocycles. The smallest absolute Gasteiger partial charge is 0.348 e. The summed E-state index contributed by atoms with van der Waals surface area (Å²) >= 11 is 1.41. The molecule has 33 heavy (non-hydrogen) atoms. The first-order valence-electron chi connectivity index (χ1n) is 11.1. The quantitative estimate of drug-likeness (QED) is 0.512. The van der Waals surface area contributed by atoms with Crippen LogP contribution in [0, 0.1) is 0 Å². The third kappa shape index (κ3) is 4.98. The van der Waals surface area contributed by atoms with Crippen molar-refractivity contribution in [2.24, 2.45) is 0 Å². The number of rotatable bonds is 7. The van der Waals surface area contributed by atoms with Crippen LogP contribution in [-0.2, 0) is 22.4 Å². The van der Waals surface area contributed by atoms with Gasteiger partial charge in [-0.15, -0.1) is 11.3 Å². The number of hydrogen-bond donors (Lipinski definition) is 1. The Labute approximate surface area is 197 Å². The summed E-state index contributed by atoms with van der Waals surface area (Å²) in [4.78, 5) is 40.5. The Balaban J connectivity index is 1.33. The minimum absolute atomic E-state index is 0.0481. The molecule has 1 aliphatic rings. The summed E-state index contributed by atoms with van der Waals surface area (Å²) in [5.74, 6) is -0.979. The second kappa shape index (κ2) is 10.0. The lowest BCUT2D eigenvalue weighted by Crippen LogP contribution is -2.30. The maximum absolute atomic E-state index is 12.5. The van der Waals surface area contributed by atoms with E-state index < -0.39 is 11.9 Å². The third-order valence-electron chi connectivity index (χ3n) is 5.74. The zero-order valence-electron chi connectivity index (χ0n) is 18.7. The van der Waals surface area contributed by atoms with E-state index >= 15 is 0 Å². The molecule has 1 N–H and O–H groups in total. The van der Waals surface area contributed by atoms with Crippen molar-refractivity contribution in [2.45, 2.75) is 26.7 Å². The average Bonchev–Trinajstić information content (AvgIpc) is 3.29. The number of thiophene rings is 1. The summed E-state index contributed by atoms with van der Waals surface area (Å²) in [5, 5.41) is 2.70. The molecule has 7 heteroatoms. The van der Waals surface area contributed by atoms with Gasteiger partial charge in [-0.05, 0) is 73.7 Å². The molecule has 0 atom stereocenters. The normalized spacial score (nSPS) is 11.8. The van der Waals surface area contributed by atoms with Gasteiger partial charge < -0.3 is 15.0 Å². The summed E-state index contributed by atoms with van der Waals surface area (Å²) in [7, 11) is 0. The van der Waals surface area contributed by atoms with E-state index in [4.69, 9.17) is 4.74 Å². The minimum Gasteiger partial charge on any atom is -0.451 e. The molecule has 6 nitrogen and oxygen atoms in total. The van der Waals surface area contributed by atoms with E-state index in [1.807, 2.05) is 32.0 Å². The zero-order valence-corrected chi connectivity index (χ0v) is 19.5. The van der Waals surface area contributed by atoms with Crippen LogP contribution in [0.4, 0.5) is 5.69 Å². The molecule has 0 radical (unpaired) electrons. The fraction of sp³-hybridized carbons (Fsp3) is 0.269. The molecular formula is C26H26N2O4S. The first-order valence-corrected chi connectivity index (χ1v) is 11.9. The van der Waals surface area contributed by atoms with Crippen molar-refractivity contribution >= 4 is 34.8 Å². The van der Waals surface area contributed by atoms with Crippen LogP contribution in [0.25, 0.3) is 10.4 Å². The van der Waals surface area contributed by atoms with Crippen LogP contribution in [0.5, 0.6) is 0 Å². The predicted molar refractivity (Wildman–Crippen MR) is 130 cm³/mol. The number of aryl methyl sites for hydroxylation is 2. The molecule has 2 amide bonds. The molecule has 4 rings (SSSR count). The number of amides is 2. The highest BCUT2D eigenvalue weighted by Crippen LogP contribution is 2.39. The molecule has 0 saturated carbocycles. The van der Waals surface area contributed by atoms with E-state index in [1.54, 1.807) is 29.2 Å². The van der Waals surface area contributed by atoms with Crippen LogP contribution in [-0.4, -0.2) is 42.4 Å². The molecule has 0 aliphatic heterocycles. The van der Waals surface area contributed by atoms with Gasteiger partial charge in [-0.2, -0.15) is 0 Å². The van der Waals surface area contributed by atoms with E-state index in [0.717, 1.165) is 23.3 Å². The molecule has 0 spiro atoms. The molecule has 0 unspecified atom stereocenters. The molecule has 1 aliphatic carbocycles. The summed E-state index contributed by atoms with van der Waals surface area (Å²) in [6.45, 7) is 4.76. The fourth-order valence-electron chi connectivity index (χ4n) is 3.96. The van der Waals surface area contributed by atoms with E-state index in [-0.39, 0.29) is 12.5 Å². The number of fused-ring (bicyclic) bond motifs is 3. The topological polar surface area (TPSA) is 75.7 Å². The number of esters is 1. The first-order chi connectivity index (χ1) is 16.0. The Bertz CT molecular complexity index is 1180. The van der Waals surface area contributed by atoms with Crippen molar-refractivity contribution < 1.29 is 19.1 Å². The fourth-order valence-corrected chi connectivity index (χ4v) is 5.13. The second-order valence-electron chi connectivity index (χ2n) is 7.80. The molecule has 2 aromatic carbocycles. The highest BCUT2D eigenvalue weighted by Gasteiger charge is 2.22. The van der Waals surface area contributed by atoms with Crippen LogP contribution >= 0.6 is 11.3 Å². The van der Waals surface area contributed by atoms with Crippen LogP contribution in [0.1, 0.15) is 45.0 Å². The molecule has 1 aromatic heterocycles. The van der Waals surface area contributed by atoms with Crippen molar-refractivity contribution in [2.75, 3.05) is 25.0 Å². The largest absolute Gasteiger partial charge is 0.451 e. The number of benzene rings is 2. The van der Waals surface area contributed by atoms with Crippen molar-refractivity contribution in [1.82, 2.24) is 4.90 Å². The third-order valence-corrected chi connectivity index (χ3v) is 6.93. The van der Waals surface area contributed by atoms with Gasteiger partial charge in [-0.3, -0.25) is 9.59 Å². The van der Waals surface area contributed by atoms with Crippen molar-refractivity contribution in [3.8, 4) is 10.4 Å². The SMILES string of the molecule is CCN(CC)C(=O)c1ccc(NC(=O)COC(=O)c2cc3c(s2)-c2ccccc2CC3)cc1. The zero-order chi connectivity index (χ0) is 23.4. The molecule has 3 aromatic rings. The number of anilines is 1. The summed E-state index contributed by atoms with van der Waals surface area (Å²) in [6.07, 6.45) is 1.85. The lowest BCUT2D eigenvalue weighted by Gasteiger charge is -2.18. The van der Waals surface area contributed by atoms with Crippen LogP contribution in [0.3, 0.4) is 0 Å². The Morgan fingerprint density at radius 3 is 2.39 bits per heavy atom. The molecular weight excluding hydrogens is 436 g/mol. The maximum Gasteiger partial charge on any atom is 0.348 e. The van der Waals surface area contributed by atoms with Gasteiger partial charge in [0.15, 0.2) is 6.61 Å². The Kier molecular flexibility index (Phi) is 6.89. The number of nitrogens with one attached hydrogen (secondary N) is 1. The summed E-state index contributed by atoms with van der Waals surface area (Å²) in [6, 6.07) is 16.8. The number of carbonyl (C=O) groups excluding carboxylic acids is 3. The molecule has 0 bridgehead atoms. The van der Waals surface area contributed by atoms with Gasteiger partial charge in [0.1, 0.15) is 4.88 Å². The van der Waals surface area contributed by atoms with Gasteiger partial charge in [0.05, 0.1) is 0 Å². The summed E-state index contributed by atoms with van der Waals surface area (Å²) in [5.41, 5.74) is 4.70. The standard InChI is InChI=1S/C26H26N2O4S/c1-3-28(4-2)25(30)18-11-13-20(14-12-18)27-23(29)16-32-26(31)22-15-19-10-9-17-7-5-6-8-21(17)24(19)33-22/h5-8,11-15H,3-4,9-10,16H2,1-2H3,(H,27,29). The van der Waals surface area contributed by atoms with Crippen LogP contribution in [0.15, 0.2) is 54.6 Å². The van der Waals surface area contributed by atoms with Gasteiger partial charge in [-0.1, -0.05) is 24.3 Å². The van der Waals surface area contributed by atoms with Gasteiger partial charge in [0, 0.05) is 29.2 Å². The first kappa shape index (κ1) is 22.7. The number of carbonyl (C=O) groups is 3. The van der Waals surface area contributed by atoms with Crippen molar-refractivity contribution in [3.05, 3.63) is 76.2 Å². The molecule has 1 heterocycles. The number of ether oxygens (including phenoxy) is 1. The lowest BCUT2D eigenvalue weighted by atomic mass is 9.91. The minimum atomic E-state index is -0.498. The van der Waals surface area contributed by atoms with Crippen LogP contribution < -0.4 is 5.32 Å². The monoisotopic (exact) mass is 462 g/mol. The van der Waals surface area contributed by atoms with E-state index in [1.165, 1.54) is 22.5 Å². The lowest BCUT2D eigenvalue weighted by molar-refractivity contribution is -0.119. The predicted octanol–water partition coefficient (Wildman–Crippen LogP) is 4.79. The van der Waals surface area contributed by atoms with E-state index in [9.17, 15) is 14.4 Å². The average molecular weight is 463 g/mol. The number of nitrogens with zero attached hydrogens (tertiary/aromatic N) is 1. The Morgan fingerprint density at radius 2 is 1.67 bits per heavy atom. The van der Waals surface area contributed by atoms with Gasteiger partial charge in [0.2, 0.25) is 0 Å². The van der Waals surface area contributed by atoms with E-state index in [0.29, 0.717) is 29.2 Å². The number of hydrogen-bond acceptors (Lipinski definition) is 5. The van der Waals surface area contributed by atoms with Gasteiger partial charge in [-0.25, -0.2) is 4.79 Å². The van der Waals surface area contributed by atoms with Crippen molar-refractivity contribution in [3.63, 3.8) is 0 Å². The highest BCUT2D eigenvalue weighted by molar-refractivity contribution is 7.17. The van der Waals surface area contributed by atoms with Crippen LogP contribution in [0.2, 0.25) is 0 Å². The Hall–Kier alpha value is -3.45. The summed E-state index contributed by atoms with van der Waals surface area (Å²) < 4.78 is 5.25.